The standard InChI is InChI=1S/C15H19BrFN3O3.C10H11BrFN3O.C10H16FNO4.C6H12ClN.C5H5BrN2.ClH/c1-15(2,3)23-14(22)20-8-9(17)7-10(20)13(21)19-12-6-4-5-11(16)18-12;11-8-2-1-3-9(14-8)15-10(16)7-4-6(12)5-13-7;1-10(2,3)16-9(15)12-5-6(11)4-7(12)8(13)14;1-5(2)6(7)8(3)4;6-4-2-1-3-5(7)8-4;/h4-6,9-10H,7-8H2,1-3H3,(H,18,19,21);1-3,6-7,13H,4-5H2,(H,14,15,16);6-7H,4-5H2,1-3H3,(H,13,14);1-4H3;1-3H,(H2,7,8);1H/t9-,10+;2*6-,7+;;;/m111.../s1. The summed E-state index contributed by atoms with van der Waals surface area (Å²) in [7, 11) is 3.85. The van der Waals surface area contributed by atoms with E-state index in [-0.39, 0.29) is 57.2 Å². The summed E-state index contributed by atoms with van der Waals surface area (Å²) in [4.78, 5) is 74.6. The van der Waals surface area contributed by atoms with Gasteiger partial charge in [0.1, 0.15) is 78.2 Å². The Morgan fingerprint density at radius 1 is 0.722 bits per heavy atom. The molecule has 6 heterocycles. The molecule has 0 aromatic carbocycles. The van der Waals surface area contributed by atoms with Gasteiger partial charge in [-0.05, 0) is 145 Å². The molecule has 0 aliphatic carbocycles. The Morgan fingerprint density at radius 2 is 1.14 bits per heavy atom. The molecule has 3 aliphatic heterocycles. The van der Waals surface area contributed by atoms with Gasteiger partial charge in [0.05, 0.1) is 19.1 Å². The van der Waals surface area contributed by atoms with Crippen LogP contribution < -0.4 is 21.7 Å². The molecule has 26 heteroatoms. The number of hydrogen-bond donors (Lipinski definition) is 5. The van der Waals surface area contributed by atoms with Crippen molar-refractivity contribution in [3.05, 3.63) is 79.1 Å². The lowest BCUT2D eigenvalue weighted by Gasteiger charge is -2.27. The number of carboxylic acid groups (broad SMARTS) is 1. The first-order valence-electron chi connectivity index (χ1n) is 22.0. The second kappa shape index (κ2) is 30.6. The number of halogens is 8. The van der Waals surface area contributed by atoms with Crippen LogP contribution in [-0.2, 0) is 23.9 Å². The molecule has 3 aliphatic rings. The topological polar surface area (TPSA) is 235 Å². The maximum absolute atomic E-state index is 13.7. The van der Waals surface area contributed by atoms with E-state index < -0.39 is 71.9 Å². The van der Waals surface area contributed by atoms with Crippen LogP contribution in [0.4, 0.5) is 40.2 Å². The number of ether oxygens (including phenoxy) is 2. The minimum absolute atomic E-state index is 0. The molecule has 3 aromatic rings. The second-order valence-electron chi connectivity index (χ2n) is 18.3. The number of carboxylic acids is 1. The van der Waals surface area contributed by atoms with Gasteiger partial charge in [-0.1, -0.05) is 29.8 Å². The SMILES string of the molecule is CC(C)(C)OC(=O)N1C[C@H](F)C[C@H]1C(=O)Nc1cccc(Br)n1.CC(C)(C)OC(=O)N1C[C@H](F)C[C@H]1C(=O)O.CC(C)=C(Cl)N(C)C.Cl.Nc1cccc(Br)n1.O=C(Nc1cccc(Br)n1)[C@@H]1C[C@@H](F)CN1. The molecule has 402 valence electrons. The van der Waals surface area contributed by atoms with Crippen LogP contribution in [-0.4, -0.2) is 146 Å². The van der Waals surface area contributed by atoms with Crippen molar-refractivity contribution in [3.63, 3.8) is 0 Å². The number of aromatic nitrogens is 3. The van der Waals surface area contributed by atoms with Crippen molar-refractivity contribution in [2.24, 2.45) is 0 Å². The van der Waals surface area contributed by atoms with Crippen molar-refractivity contribution in [1.82, 2.24) is 35.0 Å². The third kappa shape index (κ3) is 25.0. The van der Waals surface area contributed by atoms with E-state index >= 15 is 0 Å². The van der Waals surface area contributed by atoms with Gasteiger partial charge >= 0.3 is 18.2 Å². The van der Waals surface area contributed by atoms with Crippen molar-refractivity contribution >= 4 is 119 Å². The number of rotatable bonds is 6. The van der Waals surface area contributed by atoms with Gasteiger partial charge in [0, 0.05) is 39.9 Å². The first-order valence-corrected chi connectivity index (χ1v) is 24.7. The molecule has 6 rings (SSSR count). The number of amides is 4. The van der Waals surface area contributed by atoms with Crippen molar-refractivity contribution in [2.75, 3.05) is 50.1 Å². The van der Waals surface area contributed by atoms with Crippen LogP contribution in [0.2, 0.25) is 0 Å². The van der Waals surface area contributed by atoms with E-state index in [1.165, 1.54) is 0 Å². The average molecular weight is 1250 g/mol. The predicted octanol–water partition coefficient (Wildman–Crippen LogP) is 9.92. The maximum atomic E-state index is 13.7. The molecular formula is C46H64Br3Cl2F3N10O8. The summed E-state index contributed by atoms with van der Waals surface area (Å²) in [6, 6.07) is 13.2. The lowest BCUT2D eigenvalue weighted by Crippen LogP contribution is -2.45. The Morgan fingerprint density at radius 3 is 1.47 bits per heavy atom. The fourth-order valence-corrected chi connectivity index (χ4v) is 7.28. The molecule has 72 heavy (non-hydrogen) atoms. The first kappa shape index (κ1) is 65.5. The number of aliphatic carboxylic acids is 1. The minimum Gasteiger partial charge on any atom is -0.480 e. The summed E-state index contributed by atoms with van der Waals surface area (Å²) in [5.41, 5.74) is 5.04. The molecule has 18 nitrogen and oxygen atoms in total. The third-order valence-electron chi connectivity index (χ3n) is 9.21. The highest BCUT2D eigenvalue weighted by atomic mass is 79.9. The lowest BCUT2D eigenvalue weighted by molar-refractivity contribution is -0.142. The molecule has 4 amide bonds. The summed E-state index contributed by atoms with van der Waals surface area (Å²) in [6.45, 7) is 14.0. The van der Waals surface area contributed by atoms with E-state index in [4.69, 9.17) is 31.9 Å². The van der Waals surface area contributed by atoms with Gasteiger partial charge in [0.2, 0.25) is 11.8 Å². The Bertz CT molecular complexity index is 2280. The number of nitrogens with zero attached hydrogens (tertiary/aromatic N) is 6. The van der Waals surface area contributed by atoms with Crippen LogP contribution in [0.25, 0.3) is 0 Å². The summed E-state index contributed by atoms with van der Waals surface area (Å²) >= 11 is 15.3. The number of carbonyl (C=O) groups is 5. The van der Waals surface area contributed by atoms with E-state index in [1.807, 2.05) is 45.0 Å². The Labute approximate surface area is 454 Å². The smallest absolute Gasteiger partial charge is 0.411 e. The molecule has 6 atom stereocenters. The summed E-state index contributed by atoms with van der Waals surface area (Å²) in [5.74, 6) is -0.600. The number of carbonyl (C=O) groups excluding carboxylic acids is 4. The van der Waals surface area contributed by atoms with Crippen LogP contribution in [0.15, 0.2) is 79.1 Å². The fourth-order valence-electron chi connectivity index (χ4n) is 6.24. The summed E-state index contributed by atoms with van der Waals surface area (Å²) in [5, 5.41) is 17.7. The van der Waals surface area contributed by atoms with Crippen molar-refractivity contribution in [3.8, 4) is 0 Å². The third-order valence-corrected chi connectivity index (χ3v) is 11.3. The zero-order valence-electron chi connectivity index (χ0n) is 41.5. The van der Waals surface area contributed by atoms with Gasteiger partial charge in [0.15, 0.2) is 0 Å². The van der Waals surface area contributed by atoms with Gasteiger partial charge in [-0.2, -0.15) is 0 Å². The number of anilines is 3. The minimum atomic E-state index is -1.30. The van der Waals surface area contributed by atoms with Crippen molar-refractivity contribution < 1.29 is 51.7 Å². The van der Waals surface area contributed by atoms with E-state index in [1.54, 1.807) is 84.0 Å². The van der Waals surface area contributed by atoms with Crippen LogP contribution in [0.5, 0.6) is 0 Å². The number of hydrogen-bond acceptors (Lipinski definition) is 13. The Balaban J connectivity index is 0.000000473. The van der Waals surface area contributed by atoms with E-state index in [9.17, 15) is 37.1 Å². The van der Waals surface area contributed by atoms with Crippen LogP contribution >= 0.6 is 71.8 Å². The molecule has 0 bridgehead atoms. The highest BCUT2D eigenvalue weighted by molar-refractivity contribution is 9.11. The van der Waals surface area contributed by atoms with Crippen LogP contribution in [0.1, 0.15) is 74.7 Å². The molecule has 6 N–H and O–H groups in total. The fraction of sp³-hybridized carbons (Fsp3) is 0.522. The summed E-state index contributed by atoms with van der Waals surface area (Å²) < 4.78 is 51.9. The number of pyridine rings is 3. The second-order valence-corrected chi connectivity index (χ2v) is 21.1. The van der Waals surface area contributed by atoms with Gasteiger partial charge < -0.3 is 41.2 Å². The predicted molar refractivity (Wildman–Crippen MR) is 284 cm³/mol. The zero-order chi connectivity index (χ0) is 54.0. The number of allylic oxidation sites excluding steroid dienone is 1. The molecule has 3 fully saturated rings. The highest BCUT2D eigenvalue weighted by Crippen LogP contribution is 2.26. The molecular weight excluding hydrogens is 1190 g/mol. The maximum Gasteiger partial charge on any atom is 0.411 e. The Kier molecular flexibility index (Phi) is 27.9. The Hall–Kier alpha value is -4.49. The largest absolute Gasteiger partial charge is 0.480 e. The van der Waals surface area contributed by atoms with Crippen molar-refractivity contribution in [2.45, 2.75) is 122 Å². The lowest BCUT2D eigenvalue weighted by atomic mass is 10.2. The quantitative estimate of drug-likeness (QED) is 0.114. The van der Waals surface area contributed by atoms with Crippen molar-refractivity contribution in [1.29, 1.82) is 0 Å². The number of nitrogens with one attached hydrogen (secondary N) is 3. The van der Waals surface area contributed by atoms with Gasteiger partial charge in [-0.25, -0.2) is 42.5 Å². The molecule has 0 radical (unpaired) electrons. The van der Waals surface area contributed by atoms with Crippen LogP contribution in [0.3, 0.4) is 0 Å². The van der Waals surface area contributed by atoms with E-state index in [0.717, 1.165) is 25.1 Å². The number of alkyl halides is 3. The summed E-state index contributed by atoms with van der Waals surface area (Å²) in [6.07, 6.45) is -4.97. The molecule has 3 aromatic heterocycles. The number of nitrogens with two attached hydrogens (primary N) is 1. The van der Waals surface area contributed by atoms with Gasteiger partial charge in [-0.3, -0.25) is 19.4 Å². The highest BCUT2D eigenvalue weighted by Gasteiger charge is 2.43. The molecule has 0 saturated carbocycles. The van der Waals surface area contributed by atoms with E-state index in [0.29, 0.717) is 26.7 Å². The monoisotopic (exact) mass is 1250 g/mol. The number of nitrogen functional groups attached to an aromatic ring is 1. The van der Waals surface area contributed by atoms with Gasteiger partial charge in [0.25, 0.3) is 0 Å². The van der Waals surface area contributed by atoms with Crippen LogP contribution in [0, 0.1) is 0 Å². The first-order chi connectivity index (χ1) is 32.8. The van der Waals surface area contributed by atoms with E-state index in [2.05, 4.69) is 78.7 Å². The average Bonchev–Trinajstić information content (AvgIpc) is 3.98. The molecule has 0 spiro atoms. The van der Waals surface area contributed by atoms with Gasteiger partial charge in [-0.15, -0.1) is 12.4 Å². The zero-order valence-corrected chi connectivity index (χ0v) is 47.9. The normalized spacial score (nSPS) is 19.8. The molecule has 0 unspecified atom stereocenters. The molecule has 3 saturated heterocycles. The number of likely N-dealkylation sites (tertiary alicyclic amines) is 2.